The zero-order valence-electron chi connectivity index (χ0n) is 19.0. The molecule has 0 fully saturated rings. The van der Waals surface area contributed by atoms with Gasteiger partial charge in [-0.25, -0.2) is 4.98 Å². The van der Waals surface area contributed by atoms with Crippen LogP contribution >= 0.6 is 0 Å². The van der Waals surface area contributed by atoms with Crippen LogP contribution in [0.4, 0.5) is 0 Å². The third kappa shape index (κ3) is 3.60. The Balaban J connectivity index is 1.58. The quantitative estimate of drug-likeness (QED) is 0.271. The van der Waals surface area contributed by atoms with Gasteiger partial charge in [0.05, 0.1) is 11.0 Å². The van der Waals surface area contributed by atoms with Gasteiger partial charge in [0, 0.05) is 16.8 Å². The average Bonchev–Trinajstić information content (AvgIpc) is 3.30. The molecule has 0 radical (unpaired) electrons. The third-order valence-corrected chi connectivity index (χ3v) is 6.29. The molecule has 5 aromatic carbocycles. The zero-order valence-corrected chi connectivity index (χ0v) is 19.0. The minimum absolute atomic E-state index is 0.948. The fraction of sp³-hybridized carbons (Fsp3) is 0.0312. The lowest BCUT2D eigenvalue weighted by Crippen LogP contribution is -1.97. The Kier molecular flexibility index (Phi) is 5.04. The molecule has 1 aromatic heterocycles. The van der Waals surface area contributed by atoms with Gasteiger partial charge in [0.2, 0.25) is 0 Å². The van der Waals surface area contributed by atoms with Crippen LogP contribution < -0.4 is 0 Å². The SMILES string of the molecule is Cc1ccc(-c2cccc(-c3cccc4c3nc(-c3ccccc3)n4-c3ccccc3)c2)cc1. The van der Waals surface area contributed by atoms with Gasteiger partial charge in [0.1, 0.15) is 5.82 Å². The van der Waals surface area contributed by atoms with Crippen molar-refractivity contribution in [3.8, 4) is 39.3 Å². The molecule has 0 aliphatic heterocycles. The van der Waals surface area contributed by atoms with Gasteiger partial charge in [-0.1, -0.05) is 109 Å². The first-order valence-electron chi connectivity index (χ1n) is 11.6. The van der Waals surface area contributed by atoms with Crippen LogP contribution in [0.15, 0.2) is 127 Å². The number of rotatable bonds is 4. The summed E-state index contributed by atoms with van der Waals surface area (Å²) >= 11 is 0. The van der Waals surface area contributed by atoms with Gasteiger partial charge in [-0.2, -0.15) is 0 Å². The molecule has 6 rings (SSSR count). The number of hydrogen-bond acceptors (Lipinski definition) is 1. The highest BCUT2D eigenvalue weighted by atomic mass is 15.1. The summed E-state index contributed by atoms with van der Waals surface area (Å²) in [4.78, 5) is 5.21. The molecule has 162 valence electrons. The van der Waals surface area contributed by atoms with Crippen molar-refractivity contribution in [1.29, 1.82) is 0 Å². The molecule has 0 bridgehead atoms. The first kappa shape index (κ1) is 20.2. The highest BCUT2D eigenvalue weighted by molar-refractivity contribution is 5.96. The second-order valence-electron chi connectivity index (χ2n) is 8.59. The van der Waals surface area contributed by atoms with E-state index in [2.05, 4.69) is 127 Å². The highest BCUT2D eigenvalue weighted by Gasteiger charge is 2.17. The van der Waals surface area contributed by atoms with E-state index < -0.39 is 0 Å². The van der Waals surface area contributed by atoms with Gasteiger partial charge in [-0.05, 0) is 47.9 Å². The van der Waals surface area contributed by atoms with Crippen molar-refractivity contribution in [3.63, 3.8) is 0 Å². The van der Waals surface area contributed by atoms with E-state index in [-0.39, 0.29) is 0 Å². The van der Waals surface area contributed by atoms with Crippen molar-refractivity contribution < 1.29 is 0 Å². The van der Waals surface area contributed by atoms with E-state index in [1.165, 1.54) is 22.3 Å². The number of aromatic nitrogens is 2. The standard InChI is InChI=1S/C32H24N2/c1-23-18-20-24(21-19-23)26-12-8-13-27(22-26)29-16-9-17-30-31(29)33-32(25-10-4-2-5-11-25)34(30)28-14-6-3-7-15-28/h2-22H,1H3. The molecule has 6 aromatic rings. The summed E-state index contributed by atoms with van der Waals surface area (Å²) in [5.41, 5.74) is 10.3. The molecule has 0 N–H and O–H groups in total. The molecule has 34 heavy (non-hydrogen) atoms. The summed E-state index contributed by atoms with van der Waals surface area (Å²) in [5, 5.41) is 0. The van der Waals surface area contributed by atoms with Crippen LogP contribution in [-0.2, 0) is 0 Å². The molecule has 0 saturated heterocycles. The number of benzene rings is 5. The Bertz CT molecular complexity index is 1580. The van der Waals surface area contributed by atoms with Crippen molar-refractivity contribution in [2.24, 2.45) is 0 Å². The topological polar surface area (TPSA) is 17.8 Å². The molecule has 0 amide bonds. The van der Waals surface area contributed by atoms with E-state index >= 15 is 0 Å². The number of fused-ring (bicyclic) bond motifs is 1. The summed E-state index contributed by atoms with van der Waals surface area (Å²) in [6.45, 7) is 2.12. The summed E-state index contributed by atoms with van der Waals surface area (Å²) in [6, 6.07) is 44.8. The largest absolute Gasteiger partial charge is 0.292 e. The maximum absolute atomic E-state index is 5.21. The molecular formula is C32H24N2. The van der Waals surface area contributed by atoms with Gasteiger partial charge >= 0.3 is 0 Å². The lowest BCUT2D eigenvalue weighted by molar-refractivity contribution is 1.10. The van der Waals surface area contributed by atoms with Crippen LogP contribution in [0.3, 0.4) is 0 Å². The van der Waals surface area contributed by atoms with Crippen LogP contribution in [0.1, 0.15) is 5.56 Å². The zero-order chi connectivity index (χ0) is 22.9. The number of para-hydroxylation sites is 2. The molecule has 0 atom stereocenters. The Labute approximate surface area is 199 Å². The fourth-order valence-corrected chi connectivity index (χ4v) is 4.56. The van der Waals surface area contributed by atoms with Crippen molar-refractivity contribution in [3.05, 3.63) is 133 Å². The van der Waals surface area contributed by atoms with Crippen LogP contribution in [-0.4, -0.2) is 9.55 Å². The monoisotopic (exact) mass is 436 g/mol. The summed E-state index contributed by atoms with van der Waals surface area (Å²) in [5.74, 6) is 0.948. The Hall–Kier alpha value is -4.43. The maximum atomic E-state index is 5.21. The summed E-state index contributed by atoms with van der Waals surface area (Å²) in [6.07, 6.45) is 0. The molecule has 2 nitrogen and oxygen atoms in total. The van der Waals surface area contributed by atoms with Gasteiger partial charge in [0.15, 0.2) is 0 Å². The Morgan fingerprint density at radius 1 is 0.529 bits per heavy atom. The molecule has 0 saturated carbocycles. The Morgan fingerprint density at radius 2 is 1.18 bits per heavy atom. The molecule has 0 aliphatic rings. The summed E-state index contributed by atoms with van der Waals surface area (Å²) < 4.78 is 2.26. The number of nitrogens with zero attached hydrogens (tertiary/aromatic N) is 2. The van der Waals surface area contributed by atoms with Crippen molar-refractivity contribution in [2.45, 2.75) is 6.92 Å². The van der Waals surface area contributed by atoms with Gasteiger partial charge in [-0.3, -0.25) is 4.57 Å². The van der Waals surface area contributed by atoms with Crippen LogP contribution in [0.2, 0.25) is 0 Å². The second kappa shape index (κ2) is 8.49. The lowest BCUT2D eigenvalue weighted by atomic mass is 9.98. The minimum Gasteiger partial charge on any atom is -0.292 e. The second-order valence-corrected chi connectivity index (χ2v) is 8.59. The van der Waals surface area contributed by atoms with Gasteiger partial charge in [0.25, 0.3) is 0 Å². The predicted octanol–water partition coefficient (Wildman–Crippen LogP) is 8.33. The number of aryl methyl sites for hydroxylation is 1. The smallest absolute Gasteiger partial charge is 0.145 e. The van der Waals surface area contributed by atoms with Crippen LogP contribution in [0, 0.1) is 6.92 Å². The van der Waals surface area contributed by atoms with Gasteiger partial charge in [-0.15, -0.1) is 0 Å². The average molecular weight is 437 g/mol. The van der Waals surface area contributed by atoms with E-state index in [4.69, 9.17) is 4.98 Å². The molecule has 0 unspecified atom stereocenters. The number of imidazole rings is 1. The fourth-order valence-electron chi connectivity index (χ4n) is 4.56. The first-order valence-corrected chi connectivity index (χ1v) is 11.6. The van der Waals surface area contributed by atoms with E-state index in [1.807, 2.05) is 12.1 Å². The van der Waals surface area contributed by atoms with Crippen LogP contribution in [0.5, 0.6) is 0 Å². The van der Waals surface area contributed by atoms with E-state index in [1.54, 1.807) is 0 Å². The van der Waals surface area contributed by atoms with Crippen molar-refractivity contribution in [2.75, 3.05) is 0 Å². The van der Waals surface area contributed by atoms with Crippen molar-refractivity contribution in [1.82, 2.24) is 9.55 Å². The molecular weight excluding hydrogens is 412 g/mol. The lowest BCUT2D eigenvalue weighted by Gasteiger charge is -2.10. The third-order valence-electron chi connectivity index (χ3n) is 6.29. The van der Waals surface area contributed by atoms with E-state index in [0.717, 1.165) is 33.7 Å². The van der Waals surface area contributed by atoms with Crippen molar-refractivity contribution >= 4 is 11.0 Å². The predicted molar refractivity (Wildman–Crippen MR) is 142 cm³/mol. The van der Waals surface area contributed by atoms with E-state index in [0.29, 0.717) is 0 Å². The summed E-state index contributed by atoms with van der Waals surface area (Å²) in [7, 11) is 0. The highest BCUT2D eigenvalue weighted by Crippen LogP contribution is 2.35. The minimum atomic E-state index is 0.948. The Morgan fingerprint density at radius 3 is 1.94 bits per heavy atom. The molecule has 0 aliphatic carbocycles. The van der Waals surface area contributed by atoms with Crippen LogP contribution in [0.25, 0.3) is 50.4 Å². The molecule has 0 spiro atoms. The number of hydrogen-bond donors (Lipinski definition) is 0. The maximum Gasteiger partial charge on any atom is 0.145 e. The normalized spacial score (nSPS) is 11.1. The first-order chi connectivity index (χ1) is 16.8. The molecule has 2 heteroatoms. The van der Waals surface area contributed by atoms with E-state index in [9.17, 15) is 0 Å². The van der Waals surface area contributed by atoms with Gasteiger partial charge < -0.3 is 0 Å². The molecule has 1 heterocycles.